The Balaban J connectivity index is 0.00000280. The Morgan fingerprint density at radius 3 is 2.54 bits per heavy atom. The van der Waals surface area contributed by atoms with Crippen LogP contribution >= 0.6 is 12.4 Å². The van der Waals surface area contributed by atoms with Gasteiger partial charge in [-0.15, -0.1) is 12.4 Å². The van der Waals surface area contributed by atoms with Gasteiger partial charge in [0.2, 0.25) is 15.9 Å². The zero-order valence-corrected chi connectivity index (χ0v) is 16.9. The van der Waals surface area contributed by atoms with E-state index in [0.29, 0.717) is 24.4 Å². The second-order valence-electron chi connectivity index (χ2n) is 7.18. The fourth-order valence-electron chi connectivity index (χ4n) is 3.91. The van der Waals surface area contributed by atoms with Crippen molar-refractivity contribution in [3.63, 3.8) is 0 Å². The summed E-state index contributed by atoms with van der Waals surface area (Å²) in [6, 6.07) is 5.91. The first kappa shape index (κ1) is 22.5. The zero-order chi connectivity index (χ0) is 19.4. The molecule has 9 nitrogen and oxygen atoms in total. The van der Waals surface area contributed by atoms with Crippen molar-refractivity contribution in [1.82, 2.24) is 15.4 Å². The Morgan fingerprint density at radius 2 is 1.89 bits per heavy atom. The van der Waals surface area contributed by atoms with E-state index in [1.165, 1.54) is 31.0 Å². The molecule has 1 aromatic rings. The van der Waals surface area contributed by atoms with Crippen molar-refractivity contribution in [2.45, 2.75) is 49.1 Å². The molecule has 0 spiro atoms. The lowest BCUT2D eigenvalue weighted by molar-refractivity contribution is -0.385. The van der Waals surface area contributed by atoms with Crippen molar-refractivity contribution < 1.29 is 18.1 Å². The molecule has 2 unspecified atom stereocenters. The van der Waals surface area contributed by atoms with Gasteiger partial charge in [-0.25, -0.2) is 13.1 Å². The summed E-state index contributed by atoms with van der Waals surface area (Å²) >= 11 is 0. The standard InChI is InChI=1S/C17H24N4O5S.ClH/c22-17(10-12-8-13-4-5-14(9-12)20-13)18-6-7-19-27(25,26)16-3-1-2-15(11-16)21(23)24;/h1-3,11-14,19-20H,4-10H2,(H,18,22);1H. The third kappa shape index (κ3) is 5.87. The van der Waals surface area contributed by atoms with E-state index in [9.17, 15) is 23.3 Å². The number of nitro groups is 1. The summed E-state index contributed by atoms with van der Waals surface area (Å²) in [5, 5.41) is 17.0. The zero-order valence-electron chi connectivity index (χ0n) is 15.3. The predicted octanol–water partition coefficient (Wildman–Crippen LogP) is 1.33. The number of fused-ring (bicyclic) bond motifs is 2. The van der Waals surface area contributed by atoms with Crippen LogP contribution in [-0.4, -0.2) is 44.4 Å². The molecule has 2 aliphatic rings. The monoisotopic (exact) mass is 432 g/mol. The number of nitrogens with zero attached hydrogens (tertiary/aromatic N) is 1. The van der Waals surface area contributed by atoms with Crippen LogP contribution in [0.1, 0.15) is 32.1 Å². The molecule has 2 fully saturated rings. The molecule has 0 aromatic heterocycles. The number of hydrogen-bond donors (Lipinski definition) is 3. The van der Waals surface area contributed by atoms with Crippen LogP contribution in [0, 0.1) is 16.0 Å². The maximum atomic E-state index is 12.2. The lowest BCUT2D eigenvalue weighted by Gasteiger charge is -2.28. The van der Waals surface area contributed by atoms with Crippen LogP contribution in [0.25, 0.3) is 0 Å². The van der Waals surface area contributed by atoms with Crippen molar-refractivity contribution in [2.24, 2.45) is 5.92 Å². The van der Waals surface area contributed by atoms with Crippen LogP contribution in [-0.2, 0) is 14.8 Å². The fraction of sp³-hybridized carbons (Fsp3) is 0.588. The normalized spacial score (nSPS) is 23.6. The molecule has 156 valence electrons. The van der Waals surface area contributed by atoms with Gasteiger partial charge >= 0.3 is 0 Å². The van der Waals surface area contributed by atoms with Crippen LogP contribution in [0.3, 0.4) is 0 Å². The molecule has 11 heteroatoms. The van der Waals surface area contributed by atoms with Gasteiger partial charge in [0.1, 0.15) is 0 Å². The van der Waals surface area contributed by atoms with Gasteiger partial charge in [0, 0.05) is 43.7 Å². The lowest BCUT2D eigenvalue weighted by Crippen LogP contribution is -2.40. The van der Waals surface area contributed by atoms with E-state index in [0.717, 1.165) is 18.9 Å². The number of benzene rings is 1. The Bertz CT molecular complexity index is 808. The van der Waals surface area contributed by atoms with E-state index in [2.05, 4.69) is 15.4 Å². The molecule has 1 amide bonds. The highest BCUT2D eigenvalue weighted by Crippen LogP contribution is 2.32. The van der Waals surface area contributed by atoms with E-state index in [1.54, 1.807) is 0 Å². The molecule has 2 atom stereocenters. The Morgan fingerprint density at radius 1 is 1.21 bits per heavy atom. The van der Waals surface area contributed by atoms with E-state index >= 15 is 0 Å². The van der Waals surface area contributed by atoms with Crippen LogP contribution in [0.4, 0.5) is 5.69 Å². The maximum Gasteiger partial charge on any atom is 0.270 e. The third-order valence-electron chi connectivity index (χ3n) is 5.12. The van der Waals surface area contributed by atoms with Gasteiger partial charge < -0.3 is 10.6 Å². The molecular formula is C17H25ClN4O5S. The number of amides is 1. The number of carbonyl (C=O) groups is 1. The van der Waals surface area contributed by atoms with Crippen molar-refractivity contribution in [1.29, 1.82) is 0 Å². The summed E-state index contributed by atoms with van der Waals surface area (Å²) in [4.78, 5) is 22.0. The summed E-state index contributed by atoms with van der Waals surface area (Å²) in [5.74, 6) is 0.307. The van der Waals surface area contributed by atoms with E-state index in [-0.39, 0.29) is 42.0 Å². The summed E-state index contributed by atoms with van der Waals surface area (Å²) in [6.45, 7) is 0.194. The number of nitro benzene ring substituents is 1. The highest BCUT2D eigenvalue weighted by Gasteiger charge is 2.34. The number of halogens is 1. The van der Waals surface area contributed by atoms with Gasteiger partial charge in [0.15, 0.2) is 0 Å². The van der Waals surface area contributed by atoms with Crippen molar-refractivity contribution in [2.75, 3.05) is 13.1 Å². The Kier molecular flexibility index (Phi) is 7.76. The first-order valence-electron chi connectivity index (χ1n) is 9.10. The van der Waals surface area contributed by atoms with Crippen LogP contribution in [0.2, 0.25) is 0 Å². The summed E-state index contributed by atoms with van der Waals surface area (Å²) in [7, 11) is -3.86. The molecular weight excluding hydrogens is 408 g/mol. The summed E-state index contributed by atoms with van der Waals surface area (Å²) < 4.78 is 26.7. The van der Waals surface area contributed by atoms with Crippen molar-refractivity contribution >= 4 is 34.0 Å². The fourth-order valence-corrected chi connectivity index (χ4v) is 4.98. The summed E-state index contributed by atoms with van der Waals surface area (Å²) in [6.07, 6.45) is 4.86. The molecule has 28 heavy (non-hydrogen) atoms. The van der Waals surface area contributed by atoms with E-state index < -0.39 is 14.9 Å². The molecule has 2 bridgehead atoms. The minimum absolute atomic E-state index is 0. The van der Waals surface area contributed by atoms with Gasteiger partial charge in [-0.3, -0.25) is 14.9 Å². The van der Waals surface area contributed by atoms with Gasteiger partial charge in [-0.2, -0.15) is 0 Å². The number of nitrogens with one attached hydrogen (secondary N) is 3. The van der Waals surface area contributed by atoms with Gasteiger partial charge in [-0.1, -0.05) is 6.07 Å². The molecule has 2 saturated heterocycles. The second kappa shape index (κ2) is 9.64. The molecule has 2 aliphatic heterocycles. The molecule has 3 N–H and O–H groups in total. The Labute approximate surface area is 170 Å². The third-order valence-corrected chi connectivity index (χ3v) is 6.58. The minimum Gasteiger partial charge on any atom is -0.355 e. The number of non-ortho nitro benzene ring substituents is 1. The second-order valence-corrected chi connectivity index (χ2v) is 8.95. The molecule has 3 rings (SSSR count). The smallest absolute Gasteiger partial charge is 0.270 e. The Hall–Kier alpha value is -1.75. The number of sulfonamides is 1. The SMILES string of the molecule is Cl.O=C(CC1CC2CCC(C1)N2)NCCNS(=O)(=O)c1cccc([N+](=O)[O-])c1. The largest absolute Gasteiger partial charge is 0.355 e. The number of rotatable bonds is 8. The average molecular weight is 433 g/mol. The average Bonchev–Trinajstić information content (AvgIpc) is 2.97. The quantitative estimate of drug-likeness (QED) is 0.322. The first-order chi connectivity index (χ1) is 12.8. The van der Waals surface area contributed by atoms with Crippen molar-refractivity contribution in [3.8, 4) is 0 Å². The van der Waals surface area contributed by atoms with E-state index in [4.69, 9.17) is 0 Å². The topological polar surface area (TPSA) is 130 Å². The molecule has 2 heterocycles. The number of piperidine rings is 1. The number of carbonyl (C=O) groups excluding carboxylic acids is 1. The molecule has 0 aliphatic carbocycles. The van der Waals surface area contributed by atoms with Gasteiger partial charge in [0.05, 0.1) is 9.82 Å². The van der Waals surface area contributed by atoms with Crippen LogP contribution < -0.4 is 15.4 Å². The number of hydrogen-bond acceptors (Lipinski definition) is 6. The molecule has 1 aromatic carbocycles. The maximum absolute atomic E-state index is 12.2. The van der Waals surface area contributed by atoms with E-state index in [1.807, 2.05) is 0 Å². The molecule has 0 saturated carbocycles. The molecule has 0 radical (unpaired) electrons. The summed E-state index contributed by atoms with van der Waals surface area (Å²) in [5.41, 5.74) is -0.290. The van der Waals surface area contributed by atoms with Crippen LogP contribution in [0.15, 0.2) is 29.2 Å². The first-order valence-corrected chi connectivity index (χ1v) is 10.6. The van der Waals surface area contributed by atoms with Gasteiger partial charge in [-0.05, 0) is 37.7 Å². The minimum atomic E-state index is -3.86. The highest BCUT2D eigenvalue weighted by atomic mass is 35.5. The van der Waals surface area contributed by atoms with Crippen molar-refractivity contribution in [3.05, 3.63) is 34.4 Å². The highest BCUT2D eigenvalue weighted by molar-refractivity contribution is 7.89. The lowest BCUT2D eigenvalue weighted by atomic mass is 9.89. The van der Waals surface area contributed by atoms with Gasteiger partial charge in [0.25, 0.3) is 5.69 Å². The van der Waals surface area contributed by atoms with Crippen LogP contribution in [0.5, 0.6) is 0 Å². The predicted molar refractivity (Wildman–Crippen MR) is 106 cm³/mol.